The molecule has 0 aliphatic carbocycles. The summed E-state index contributed by atoms with van der Waals surface area (Å²) in [5.74, 6) is -0.918. The summed E-state index contributed by atoms with van der Waals surface area (Å²) in [5.41, 5.74) is 0.881. The molecule has 0 heterocycles. The molecule has 2 aromatic carbocycles. The Bertz CT molecular complexity index is 871. The predicted octanol–water partition coefficient (Wildman–Crippen LogP) is 3.92. The van der Waals surface area contributed by atoms with E-state index in [0.29, 0.717) is 17.0 Å². The lowest BCUT2D eigenvalue weighted by atomic mass is 10.0. The Morgan fingerprint density at radius 1 is 1.07 bits per heavy atom. The van der Waals surface area contributed by atoms with Crippen molar-refractivity contribution in [3.63, 3.8) is 0 Å². The minimum absolute atomic E-state index is 0.241. The lowest BCUT2D eigenvalue weighted by Gasteiger charge is -2.21. The fraction of sp³-hybridized carbons (Fsp3) is 0.286. The van der Waals surface area contributed by atoms with Crippen LogP contribution in [-0.2, 0) is 9.53 Å². The van der Waals surface area contributed by atoms with E-state index in [1.807, 2.05) is 6.07 Å². The normalized spacial score (nSPS) is 11.5. The lowest BCUT2D eigenvalue weighted by molar-refractivity contribution is -0.145. The molecule has 0 spiro atoms. The molecule has 0 aromatic heterocycles. The Kier molecular flexibility index (Phi) is 8.03. The molecule has 0 unspecified atom stereocenters. The number of amides is 2. The topological polar surface area (TPSA) is 93.7 Å². The fourth-order valence-electron chi connectivity index (χ4n) is 2.48. The molecule has 0 aliphatic rings. The molecule has 2 N–H and O–H groups in total. The maximum atomic E-state index is 12.4. The van der Waals surface area contributed by atoms with Crippen LogP contribution in [0.2, 0.25) is 5.02 Å². The summed E-state index contributed by atoms with van der Waals surface area (Å²) in [7, 11) is 1.47. The smallest absolute Gasteiger partial charge is 0.329 e. The molecule has 1 atom stereocenters. The van der Waals surface area contributed by atoms with Crippen LogP contribution in [0, 0.1) is 5.92 Å². The third-order valence-electron chi connectivity index (χ3n) is 4.06. The van der Waals surface area contributed by atoms with Crippen LogP contribution in [0.1, 0.15) is 24.2 Å². The average molecular weight is 419 g/mol. The van der Waals surface area contributed by atoms with Crippen molar-refractivity contribution in [3.8, 4) is 5.75 Å². The van der Waals surface area contributed by atoms with Crippen LogP contribution >= 0.6 is 11.6 Å². The van der Waals surface area contributed by atoms with Gasteiger partial charge in [-0.1, -0.05) is 43.6 Å². The van der Waals surface area contributed by atoms with Gasteiger partial charge < -0.3 is 20.1 Å². The number of esters is 1. The summed E-state index contributed by atoms with van der Waals surface area (Å²) in [5, 5.41) is 5.50. The highest BCUT2D eigenvalue weighted by molar-refractivity contribution is 6.32. The first-order valence-electron chi connectivity index (χ1n) is 8.97. The van der Waals surface area contributed by atoms with Gasteiger partial charge in [0.1, 0.15) is 11.8 Å². The quantitative estimate of drug-likeness (QED) is 0.500. The number of methoxy groups -OCH3 is 1. The number of urea groups is 1. The van der Waals surface area contributed by atoms with Gasteiger partial charge in [0, 0.05) is 11.3 Å². The molecule has 0 saturated heterocycles. The molecule has 8 heteroatoms. The first-order valence-corrected chi connectivity index (χ1v) is 9.35. The van der Waals surface area contributed by atoms with Crippen LogP contribution in [0.25, 0.3) is 0 Å². The maximum absolute atomic E-state index is 12.4. The second-order valence-electron chi connectivity index (χ2n) is 6.57. The number of nitrogens with one attached hydrogen (secondary N) is 2. The number of anilines is 1. The van der Waals surface area contributed by atoms with Crippen LogP contribution < -0.4 is 15.4 Å². The number of ether oxygens (including phenoxy) is 2. The summed E-state index contributed by atoms with van der Waals surface area (Å²) < 4.78 is 10.2. The minimum Gasteiger partial charge on any atom is -0.495 e. The van der Waals surface area contributed by atoms with Gasteiger partial charge in [0.05, 0.1) is 12.1 Å². The third-order valence-corrected chi connectivity index (χ3v) is 4.35. The molecular formula is C21H23ClN2O5. The number of para-hydroxylation sites is 1. The van der Waals surface area contributed by atoms with Crippen molar-refractivity contribution in [2.45, 2.75) is 19.9 Å². The van der Waals surface area contributed by atoms with E-state index >= 15 is 0 Å². The van der Waals surface area contributed by atoms with Crippen molar-refractivity contribution in [1.82, 2.24) is 5.32 Å². The molecule has 154 valence electrons. The summed E-state index contributed by atoms with van der Waals surface area (Å²) >= 11 is 6.01. The molecule has 0 radical (unpaired) electrons. The molecular weight excluding hydrogens is 396 g/mol. The van der Waals surface area contributed by atoms with Gasteiger partial charge >= 0.3 is 12.0 Å². The van der Waals surface area contributed by atoms with Gasteiger partial charge in [-0.2, -0.15) is 0 Å². The van der Waals surface area contributed by atoms with E-state index in [2.05, 4.69) is 10.6 Å². The zero-order valence-corrected chi connectivity index (χ0v) is 17.2. The Labute approximate surface area is 174 Å². The van der Waals surface area contributed by atoms with E-state index in [1.54, 1.807) is 44.2 Å². The summed E-state index contributed by atoms with van der Waals surface area (Å²) in [6.07, 6.45) is 0. The number of rotatable bonds is 8. The fourth-order valence-corrected chi connectivity index (χ4v) is 2.73. The molecule has 0 saturated carbocycles. The van der Waals surface area contributed by atoms with Crippen LogP contribution in [0.3, 0.4) is 0 Å². The highest BCUT2D eigenvalue weighted by Gasteiger charge is 2.26. The van der Waals surface area contributed by atoms with Crippen molar-refractivity contribution in [2.75, 3.05) is 19.0 Å². The zero-order chi connectivity index (χ0) is 21.4. The van der Waals surface area contributed by atoms with Crippen LogP contribution in [0.4, 0.5) is 10.5 Å². The highest BCUT2D eigenvalue weighted by atomic mass is 35.5. The second kappa shape index (κ2) is 10.5. The summed E-state index contributed by atoms with van der Waals surface area (Å²) in [6, 6.07) is 11.9. The van der Waals surface area contributed by atoms with Gasteiger partial charge in [-0.3, -0.25) is 4.79 Å². The Balaban J connectivity index is 1.94. The number of benzene rings is 2. The lowest BCUT2D eigenvalue weighted by Crippen LogP contribution is -2.47. The standard InChI is InChI=1S/C21H23ClN2O5/c1-13(2)19(24-21(27)23-15-7-5-4-6-8-15)20(26)29-12-17(25)14-9-10-18(28-3)16(22)11-14/h4-11,13,19H,12H2,1-3H3,(H2,23,24,27)/t19-/m0/s1. The van der Waals surface area contributed by atoms with E-state index < -0.39 is 30.4 Å². The van der Waals surface area contributed by atoms with E-state index in [1.165, 1.54) is 19.2 Å². The molecule has 7 nitrogen and oxygen atoms in total. The Hall–Kier alpha value is -3.06. The number of carbonyl (C=O) groups is 3. The van der Waals surface area contributed by atoms with E-state index in [9.17, 15) is 14.4 Å². The van der Waals surface area contributed by atoms with Gasteiger partial charge in [0.15, 0.2) is 12.4 Å². The summed E-state index contributed by atoms with van der Waals surface area (Å²) in [6.45, 7) is 3.06. The monoisotopic (exact) mass is 418 g/mol. The third kappa shape index (κ3) is 6.50. The SMILES string of the molecule is COc1ccc(C(=O)COC(=O)[C@@H](NC(=O)Nc2ccccc2)C(C)C)cc1Cl. The molecule has 2 aromatic rings. The van der Waals surface area contributed by atoms with Crippen LogP contribution in [0.15, 0.2) is 48.5 Å². The largest absolute Gasteiger partial charge is 0.495 e. The number of carbonyl (C=O) groups excluding carboxylic acids is 3. The van der Waals surface area contributed by atoms with Gasteiger partial charge in [-0.25, -0.2) is 9.59 Å². The number of halogens is 1. The van der Waals surface area contributed by atoms with Crippen molar-refractivity contribution in [1.29, 1.82) is 0 Å². The maximum Gasteiger partial charge on any atom is 0.329 e. The average Bonchev–Trinajstić information content (AvgIpc) is 2.70. The van der Waals surface area contributed by atoms with Crippen molar-refractivity contribution >= 4 is 35.1 Å². The van der Waals surface area contributed by atoms with E-state index in [4.69, 9.17) is 21.1 Å². The van der Waals surface area contributed by atoms with E-state index in [-0.39, 0.29) is 10.9 Å². The van der Waals surface area contributed by atoms with Crippen molar-refractivity contribution in [3.05, 3.63) is 59.1 Å². The van der Waals surface area contributed by atoms with Gasteiger partial charge in [-0.05, 0) is 36.2 Å². The Morgan fingerprint density at radius 2 is 1.76 bits per heavy atom. The second-order valence-corrected chi connectivity index (χ2v) is 6.97. The molecule has 0 fully saturated rings. The molecule has 0 bridgehead atoms. The first kappa shape index (κ1) is 22.2. The van der Waals surface area contributed by atoms with Crippen molar-refractivity contribution in [2.24, 2.45) is 5.92 Å². The predicted molar refractivity (Wildman–Crippen MR) is 111 cm³/mol. The molecule has 2 rings (SSSR count). The molecule has 29 heavy (non-hydrogen) atoms. The highest BCUT2D eigenvalue weighted by Crippen LogP contribution is 2.25. The van der Waals surface area contributed by atoms with Crippen LogP contribution in [-0.4, -0.2) is 37.5 Å². The Morgan fingerprint density at radius 3 is 2.34 bits per heavy atom. The number of hydrogen-bond donors (Lipinski definition) is 2. The van der Waals surface area contributed by atoms with Gasteiger partial charge in [0.25, 0.3) is 0 Å². The van der Waals surface area contributed by atoms with E-state index in [0.717, 1.165) is 0 Å². The number of hydrogen-bond acceptors (Lipinski definition) is 5. The molecule has 0 aliphatic heterocycles. The number of ketones is 1. The van der Waals surface area contributed by atoms with Crippen molar-refractivity contribution < 1.29 is 23.9 Å². The van der Waals surface area contributed by atoms with Gasteiger partial charge in [0.2, 0.25) is 0 Å². The first-order chi connectivity index (χ1) is 13.8. The minimum atomic E-state index is -0.911. The van der Waals surface area contributed by atoms with Gasteiger partial charge in [-0.15, -0.1) is 0 Å². The van der Waals surface area contributed by atoms with Crippen LogP contribution in [0.5, 0.6) is 5.75 Å². The number of Topliss-reactive ketones (excluding diaryl/α,β-unsaturated/α-hetero) is 1. The molecule has 2 amide bonds. The zero-order valence-electron chi connectivity index (χ0n) is 16.4. The summed E-state index contributed by atoms with van der Waals surface area (Å²) in [4.78, 5) is 36.9.